The highest BCUT2D eigenvalue weighted by Crippen LogP contribution is 2.27. The van der Waals surface area contributed by atoms with Gasteiger partial charge in [0.1, 0.15) is 6.04 Å². The van der Waals surface area contributed by atoms with E-state index in [-0.39, 0.29) is 12.2 Å². The second-order valence-corrected chi connectivity index (χ2v) is 6.48. The molecule has 2 aromatic rings. The second-order valence-electron chi connectivity index (χ2n) is 6.48. The Balaban J connectivity index is 1.65. The quantitative estimate of drug-likeness (QED) is 0.827. The summed E-state index contributed by atoms with van der Waals surface area (Å²) in [6, 6.07) is 7.89. The molecular formula is C18H21F3N4O2. The number of para-hydroxylation sites is 1. The predicted molar refractivity (Wildman–Crippen MR) is 93.9 cm³/mol. The van der Waals surface area contributed by atoms with Crippen molar-refractivity contribution in [3.05, 3.63) is 42.1 Å². The van der Waals surface area contributed by atoms with Crippen LogP contribution in [-0.4, -0.2) is 40.7 Å². The zero-order valence-corrected chi connectivity index (χ0v) is 14.8. The first-order valence-electron chi connectivity index (χ1n) is 8.71. The van der Waals surface area contributed by atoms with Crippen LogP contribution >= 0.6 is 0 Å². The third-order valence-corrected chi connectivity index (χ3v) is 4.35. The first-order valence-corrected chi connectivity index (χ1v) is 8.71. The maximum Gasteiger partial charge on any atom is 0.408 e. The molecule has 1 fully saturated rings. The Kier molecular flexibility index (Phi) is 5.69. The molecule has 9 heteroatoms. The number of urea groups is 1. The number of carbonyl (C=O) groups is 1. The number of alkyl halides is 3. The van der Waals surface area contributed by atoms with Crippen LogP contribution in [0.3, 0.4) is 0 Å². The van der Waals surface area contributed by atoms with Crippen molar-refractivity contribution in [2.45, 2.75) is 44.5 Å². The maximum absolute atomic E-state index is 13.2. The molecule has 1 aliphatic rings. The molecule has 0 radical (unpaired) electrons. The van der Waals surface area contributed by atoms with Crippen LogP contribution in [0.25, 0.3) is 5.69 Å². The molecule has 0 saturated carbocycles. The van der Waals surface area contributed by atoms with E-state index in [9.17, 15) is 18.0 Å². The summed E-state index contributed by atoms with van der Waals surface area (Å²) in [5.41, 5.74) is 1.53. The molecule has 1 aromatic heterocycles. The van der Waals surface area contributed by atoms with Gasteiger partial charge in [-0.1, -0.05) is 18.2 Å². The molecule has 6 nitrogen and oxygen atoms in total. The van der Waals surface area contributed by atoms with Crippen molar-refractivity contribution in [2.24, 2.45) is 0 Å². The number of nitrogens with one attached hydrogen (secondary N) is 2. The van der Waals surface area contributed by atoms with Crippen molar-refractivity contribution in [1.82, 2.24) is 15.1 Å². The van der Waals surface area contributed by atoms with Crippen LogP contribution in [0.15, 0.2) is 36.4 Å². The Bertz CT molecular complexity index is 771. The van der Waals surface area contributed by atoms with E-state index in [1.165, 1.54) is 0 Å². The average molecular weight is 382 g/mol. The van der Waals surface area contributed by atoms with E-state index in [1.54, 1.807) is 17.7 Å². The van der Waals surface area contributed by atoms with Gasteiger partial charge in [-0.05, 0) is 31.9 Å². The van der Waals surface area contributed by atoms with Crippen LogP contribution < -0.4 is 10.6 Å². The minimum Gasteiger partial charge on any atom is -0.378 e. The number of anilines is 1. The van der Waals surface area contributed by atoms with Crippen LogP contribution in [0.4, 0.5) is 23.8 Å². The zero-order valence-electron chi connectivity index (χ0n) is 14.8. The number of amides is 2. The van der Waals surface area contributed by atoms with Crippen molar-refractivity contribution in [3.63, 3.8) is 0 Å². The fourth-order valence-corrected chi connectivity index (χ4v) is 3.04. The number of carbonyl (C=O) groups excluding carboxylic acids is 1. The number of hydrogen-bond donors (Lipinski definition) is 2. The molecular weight excluding hydrogens is 361 g/mol. The molecule has 2 atom stereocenters. The van der Waals surface area contributed by atoms with Gasteiger partial charge in [0, 0.05) is 24.8 Å². The van der Waals surface area contributed by atoms with Crippen molar-refractivity contribution in [1.29, 1.82) is 0 Å². The number of rotatable bonds is 5. The summed E-state index contributed by atoms with van der Waals surface area (Å²) in [4.78, 5) is 12.1. The molecule has 2 unspecified atom stereocenters. The first-order chi connectivity index (χ1) is 12.8. The number of aryl methyl sites for hydroxylation is 1. The van der Waals surface area contributed by atoms with E-state index < -0.39 is 24.4 Å². The van der Waals surface area contributed by atoms with E-state index in [0.717, 1.165) is 17.8 Å². The summed E-state index contributed by atoms with van der Waals surface area (Å²) >= 11 is 0. The Labute approximate surface area is 154 Å². The number of aromatic nitrogens is 2. The molecule has 2 heterocycles. The highest BCUT2D eigenvalue weighted by molar-refractivity contribution is 5.88. The van der Waals surface area contributed by atoms with Crippen molar-refractivity contribution in [2.75, 3.05) is 11.9 Å². The van der Waals surface area contributed by atoms with E-state index in [1.807, 2.05) is 35.6 Å². The topological polar surface area (TPSA) is 68.2 Å². The number of ether oxygens (including phenoxy) is 1. The van der Waals surface area contributed by atoms with Gasteiger partial charge in [0.05, 0.1) is 11.8 Å². The first kappa shape index (κ1) is 19.2. The Morgan fingerprint density at radius 3 is 2.74 bits per heavy atom. The summed E-state index contributed by atoms with van der Waals surface area (Å²) in [5, 5.41) is 8.61. The minimum atomic E-state index is -4.55. The smallest absolute Gasteiger partial charge is 0.378 e. The van der Waals surface area contributed by atoms with Crippen LogP contribution in [0.1, 0.15) is 25.0 Å². The summed E-state index contributed by atoms with van der Waals surface area (Å²) in [6.07, 6.45) is -4.04. The number of nitrogens with zero attached hydrogens (tertiary/aromatic N) is 2. The number of hydrogen-bond acceptors (Lipinski definition) is 3. The largest absolute Gasteiger partial charge is 0.408 e. The molecule has 1 aromatic carbocycles. The monoisotopic (exact) mass is 382 g/mol. The van der Waals surface area contributed by atoms with E-state index in [2.05, 4.69) is 10.4 Å². The molecule has 27 heavy (non-hydrogen) atoms. The normalized spacial score (nSPS) is 18.3. The van der Waals surface area contributed by atoms with Gasteiger partial charge in [-0.2, -0.15) is 13.2 Å². The van der Waals surface area contributed by atoms with Crippen molar-refractivity contribution < 1.29 is 22.7 Å². The van der Waals surface area contributed by atoms with Gasteiger partial charge in [-0.25, -0.2) is 9.48 Å². The van der Waals surface area contributed by atoms with Crippen molar-refractivity contribution in [3.8, 4) is 5.69 Å². The second kappa shape index (κ2) is 7.99. The SMILES string of the molecule is Cc1cc(NC(=O)NC(CC2CCCO2)C(F)(F)F)nn1-c1ccccc1. The third kappa shape index (κ3) is 5.00. The summed E-state index contributed by atoms with van der Waals surface area (Å²) in [5.74, 6) is 0.173. The fourth-order valence-electron chi connectivity index (χ4n) is 3.04. The van der Waals surface area contributed by atoms with Crippen LogP contribution in [0.5, 0.6) is 0 Å². The predicted octanol–water partition coefficient (Wildman–Crippen LogP) is 3.80. The number of benzene rings is 1. The van der Waals surface area contributed by atoms with Crippen molar-refractivity contribution >= 4 is 11.8 Å². The van der Waals surface area contributed by atoms with Crippen LogP contribution in [0.2, 0.25) is 0 Å². The van der Waals surface area contributed by atoms with Gasteiger partial charge >= 0.3 is 12.2 Å². The molecule has 146 valence electrons. The fraction of sp³-hybridized carbons (Fsp3) is 0.444. The van der Waals surface area contributed by atoms with Gasteiger partial charge in [-0.15, -0.1) is 5.10 Å². The zero-order chi connectivity index (χ0) is 19.4. The molecule has 3 rings (SSSR count). The molecule has 0 aliphatic carbocycles. The van der Waals surface area contributed by atoms with E-state index in [0.29, 0.717) is 13.0 Å². The molecule has 2 amide bonds. The van der Waals surface area contributed by atoms with Gasteiger partial charge in [0.25, 0.3) is 0 Å². The maximum atomic E-state index is 13.2. The highest BCUT2D eigenvalue weighted by atomic mass is 19.4. The highest BCUT2D eigenvalue weighted by Gasteiger charge is 2.42. The van der Waals surface area contributed by atoms with Gasteiger partial charge in [0.15, 0.2) is 5.82 Å². The van der Waals surface area contributed by atoms with E-state index >= 15 is 0 Å². The Morgan fingerprint density at radius 1 is 1.37 bits per heavy atom. The molecule has 0 spiro atoms. The molecule has 0 bridgehead atoms. The Hall–Kier alpha value is -2.55. The summed E-state index contributed by atoms with van der Waals surface area (Å²) < 4.78 is 46.6. The van der Waals surface area contributed by atoms with Gasteiger partial charge in [0.2, 0.25) is 0 Å². The lowest BCUT2D eigenvalue weighted by atomic mass is 10.1. The van der Waals surface area contributed by atoms with Gasteiger partial charge in [-0.3, -0.25) is 5.32 Å². The molecule has 1 saturated heterocycles. The third-order valence-electron chi connectivity index (χ3n) is 4.35. The summed E-state index contributed by atoms with van der Waals surface area (Å²) in [6.45, 7) is 2.25. The van der Waals surface area contributed by atoms with E-state index in [4.69, 9.17) is 4.74 Å². The lowest BCUT2D eigenvalue weighted by molar-refractivity contribution is -0.159. The number of halogens is 3. The van der Waals surface area contributed by atoms with Gasteiger partial charge < -0.3 is 10.1 Å². The lowest BCUT2D eigenvalue weighted by Gasteiger charge is -2.24. The van der Waals surface area contributed by atoms with Crippen LogP contribution in [-0.2, 0) is 4.74 Å². The molecule has 2 N–H and O–H groups in total. The standard InChI is InChI=1S/C18H21F3N4O2/c1-12-10-16(24-25(12)13-6-3-2-4-7-13)23-17(26)22-15(18(19,20)21)11-14-8-5-9-27-14/h2-4,6-7,10,14-15H,5,8-9,11H2,1H3,(H2,22,23,24,26). The Morgan fingerprint density at radius 2 is 2.11 bits per heavy atom. The lowest BCUT2D eigenvalue weighted by Crippen LogP contribution is -2.48. The molecule has 1 aliphatic heterocycles. The average Bonchev–Trinajstić information content (AvgIpc) is 3.24. The summed E-state index contributed by atoms with van der Waals surface area (Å²) in [7, 11) is 0. The van der Waals surface area contributed by atoms with Crippen LogP contribution in [0, 0.1) is 6.92 Å². The minimum absolute atomic E-state index is 0.173.